The summed E-state index contributed by atoms with van der Waals surface area (Å²) in [7, 11) is -3.85. The summed E-state index contributed by atoms with van der Waals surface area (Å²) in [6.07, 6.45) is 0.125. The molecule has 180 valence electrons. The second-order valence-corrected chi connectivity index (χ2v) is 9.99. The van der Waals surface area contributed by atoms with Crippen LogP contribution in [0.4, 0.5) is 11.5 Å². The number of benzene rings is 3. The van der Waals surface area contributed by atoms with Gasteiger partial charge in [0.2, 0.25) is 0 Å². The highest BCUT2D eigenvalue weighted by atomic mass is 35.5. The minimum Gasteiger partial charge on any atom is -0.508 e. The quantitative estimate of drug-likeness (QED) is 0.251. The molecule has 0 spiro atoms. The molecular weight excluding hydrogens is 490 g/mol. The van der Waals surface area contributed by atoms with Crippen molar-refractivity contribution >= 4 is 38.9 Å². The number of anilines is 2. The standard InChI is InChI=1S/C25H22ClN3O5S/c1-16-14-25(28-34-16)29-35(32,33)22-12-8-20(9-13-22)27-23(17-2-6-19(26)7-3-17)15-24(31)18-4-10-21(30)11-5-18/h2-14,23,27,30H,15H2,1H3,(H,28,29). The van der Waals surface area contributed by atoms with E-state index < -0.39 is 16.1 Å². The van der Waals surface area contributed by atoms with Crippen molar-refractivity contribution in [1.29, 1.82) is 0 Å². The fourth-order valence-corrected chi connectivity index (χ4v) is 4.55. The van der Waals surface area contributed by atoms with E-state index in [1.807, 2.05) is 12.1 Å². The Hall–Kier alpha value is -3.82. The van der Waals surface area contributed by atoms with Crippen molar-refractivity contribution in [1.82, 2.24) is 5.16 Å². The zero-order valence-corrected chi connectivity index (χ0v) is 20.2. The molecule has 0 bridgehead atoms. The van der Waals surface area contributed by atoms with Gasteiger partial charge >= 0.3 is 0 Å². The molecule has 3 N–H and O–H groups in total. The van der Waals surface area contributed by atoms with Crippen LogP contribution < -0.4 is 10.0 Å². The Morgan fingerprint density at radius 3 is 2.29 bits per heavy atom. The maximum absolute atomic E-state index is 12.9. The highest BCUT2D eigenvalue weighted by Crippen LogP contribution is 2.27. The van der Waals surface area contributed by atoms with E-state index in [9.17, 15) is 18.3 Å². The summed E-state index contributed by atoms with van der Waals surface area (Å²) in [6, 6.07) is 20.4. The number of sulfonamides is 1. The Morgan fingerprint density at radius 2 is 1.69 bits per heavy atom. The molecule has 0 aliphatic rings. The molecule has 4 aromatic rings. The maximum atomic E-state index is 12.9. The lowest BCUT2D eigenvalue weighted by Gasteiger charge is -2.20. The van der Waals surface area contributed by atoms with Crippen LogP contribution in [0.1, 0.15) is 34.1 Å². The molecule has 0 aliphatic carbocycles. The number of nitrogens with zero attached hydrogens (tertiary/aromatic N) is 1. The van der Waals surface area contributed by atoms with E-state index in [1.54, 1.807) is 43.3 Å². The Bertz CT molecular complexity index is 1420. The third kappa shape index (κ3) is 6.20. The van der Waals surface area contributed by atoms with E-state index in [4.69, 9.17) is 16.1 Å². The van der Waals surface area contributed by atoms with Crippen molar-refractivity contribution < 1.29 is 22.8 Å². The number of aromatic nitrogens is 1. The highest BCUT2D eigenvalue weighted by Gasteiger charge is 2.19. The van der Waals surface area contributed by atoms with Gasteiger partial charge in [0.05, 0.1) is 10.9 Å². The first-order valence-corrected chi connectivity index (χ1v) is 12.5. The molecule has 10 heteroatoms. The molecule has 0 amide bonds. The minimum atomic E-state index is -3.85. The number of aromatic hydroxyl groups is 1. The Morgan fingerprint density at radius 1 is 1.03 bits per heavy atom. The molecule has 0 saturated heterocycles. The summed E-state index contributed by atoms with van der Waals surface area (Å²) in [5, 5.41) is 17.0. The van der Waals surface area contributed by atoms with Gasteiger partial charge in [-0.25, -0.2) is 8.42 Å². The highest BCUT2D eigenvalue weighted by molar-refractivity contribution is 7.92. The van der Waals surface area contributed by atoms with Gasteiger partial charge in [0.25, 0.3) is 10.0 Å². The van der Waals surface area contributed by atoms with Gasteiger partial charge in [-0.1, -0.05) is 28.9 Å². The molecule has 0 saturated carbocycles. The number of aryl methyl sites for hydroxylation is 1. The van der Waals surface area contributed by atoms with Gasteiger partial charge in [-0.3, -0.25) is 9.52 Å². The van der Waals surface area contributed by atoms with E-state index >= 15 is 0 Å². The molecule has 0 radical (unpaired) electrons. The number of carbonyl (C=O) groups excluding carboxylic acids is 1. The first-order valence-electron chi connectivity index (χ1n) is 10.6. The molecule has 0 fully saturated rings. The number of rotatable bonds is 9. The maximum Gasteiger partial charge on any atom is 0.263 e. The van der Waals surface area contributed by atoms with Crippen molar-refractivity contribution in [3.8, 4) is 5.75 Å². The van der Waals surface area contributed by atoms with Crippen LogP contribution in [0.2, 0.25) is 5.02 Å². The smallest absolute Gasteiger partial charge is 0.263 e. The number of hydrogen-bond donors (Lipinski definition) is 3. The second kappa shape index (κ2) is 10.2. The van der Waals surface area contributed by atoms with Gasteiger partial charge in [-0.05, 0) is 73.2 Å². The lowest BCUT2D eigenvalue weighted by molar-refractivity contribution is 0.0976. The number of phenols is 1. The Kier molecular flexibility index (Phi) is 7.09. The van der Waals surface area contributed by atoms with Crippen LogP contribution in [0.5, 0.6) is 5.75 Å². The molecular formula is C25H22ClN3O5S. The fraction of sp³-hybridized carbons (Fsp3) is 0.120. The summed E-state index contributed by atoms with van der Waals surface area (Å²) >= 11 is 6.03. The van der Waals surface area contributed by atoms with Crippen molar-refractivity contribution in [3.63, 3.8) is 0 Å². The number of carbonyl (C=O) groups is 1. The monoisotopic (exact) mass is 511 g/mol. The Labute approximate surface area is 207 Å². The molecule has 8 nitrogen and oxygen atoms in total. The van der Waals surface area contributed by atoms with Crippen molar-refractivity contribution in [3.05, 3.63) is 101 Å². The van der Waals surface area contributed by atoms with Crippen LogP contribution in [0.25, 0.3) is 0 Å². The number of halogens is 1. The molecule has 1 heterocycles. The van der Waals surface area contributed by atoms with Crippen molar-refractivity contribution in [2.45, 2.75) is 24.3 Å². The molecule has 0 aliphatic heterocycles. The predicted molar refractivity (Wildman–Crippen MR) is 133 cm³/mol. The van der Waals surface area contributed by atoms with Crippen LogP contribution in [0, 0.1) is 6.92 Å². The predicted octanol–water partition coefficient (Wildman–Crippen LogP) is 5.57. The third-order valence-corrected chi connectivity index (χ3v) is 6.85. The van der Waals surface area contributed by atoms with Gasteiger partial charge in [0.1, 0.15) is 11.5 Å². The van der Waals surface area contributed by atoms with E-state index in [0.717, 1.165) is 5.56 Å². The number of hydrogen-bond acceptors (Lipinski definition) is 7. The summed E-state index contributed by atoms with van der Waals surface area (Å²) in [5.74, 6) is 0.540. The number of nitrogens with one attached hydrogen (secondary N) is 2. The van der Waals surface area contributed by atoms with Crippen molar-refractivity contribution in [2.24, 2.45) is 0 Å². The van der Waals surface area contributed by atoms with Crippen LogP contribution in [-0.2, 0) is 10.0 Å². The minimum absolute atomic E-state index is 0.0481. The first-order chi connectivity index (χ1) is 16.7. The zero-order valence-electron chi connectivity index (χ0n) is 18.6. The summed E-state index contributed by atoms with van der Waals surface area (Å²) < 4.78 is 32.5. The van der Waals surface area contributed by atoms with Crippen molar-refractivity contribution in [2.75, 3.05) is 10.0 Å². The van der Waals surface area contributed by atoms with Gasteiger partial charge < -0.3 is 14.9 Å². The topological polar surface area (TPSA) is 122 Å². The second-order valence-electron chi connectivity index (χ2n) is 7.88. The zero-order chi connectivity index (χ0) is 25.0. The lowest BCUT2D eigenvalue weighted by Crippen LogP contribution is -2.16. The Balaban J connectivity index is 1.53. The first kappa shape index (κ1) is 24.3. The van der Waals surface area contributed by atoms with E-state index in [1.165, 1.54) is 30.3 Å². The van der Waals surface area contributed by atoms with Crippen LogP contribution in [0.3, 0.4) is 0 Å². The average Bonchev–Trinajstić information content (AvgIpc) is 3.23. The summed E-state index contributed by atoms with van der Waals surface area (Å²) in [4.78, 5) is 13.0. The van der Waals surface area contributed by atoms with E-state index in [0.29, 0.717) is 22.0 Å². The SMILES string of the molecule is Cc1cc(NS(=O)(=O)c2ccc(NC(CC(=O)c3ccc(O)cc3)c3ccc(Cl)cc3)cc2)no1. The average molecular weight is 512 g/mol. The van der Waals surface area contributed by atoms with Crippen LogP contribution >= 0.6 is 11.6 Å². The number of Topliss-reactive ketones (excluding diaryl/α,β-unsaturated/α-hetero) is 1. The number of phenolic OH excluding ortho intramolecular Hbond substituents is 1. The van der Waals surface area contributed by atoms with Gasteiger partial charge in [-0.15, -0.1) is 0 Å². The molecule has 35 heavy (non-hydrogen) atoms. The largest absolute Gasteiger partial charge is 0.508 e. The molecule has 4 rings (SSSR count). The van der Waals surface area contributed by atoms with Gasteiger partial charge in [0.15, 0.2) is 11.6 Å². The van der Waals surface area contributed by atoms with Gasteiger partial charge in [-0.2, -0.15) is 0 Å². The van der Waals surface area contributed by atoms with E-state index in [2.05, 4.69) is 15.2 Å². The summed E-state index contributed by atoms with van der Waals surface area (Å²) in [6.45, 7) is 1.66. The fourth-order valence-electron chi connectivity index (χ4n) is 3.44. The molecule has 1 aromatic heterocycles. The third-order valence-electron chi connectivity index (χ3n) is 5.22. The number of ketones is 1. The van der Waals surface area contributed by atoms with Gasteiger partial charge in [0, 0.05) is 28.8 Å². The van der Waals surface area contributed by atoms with Crippen LogP contribution in [-0.4, -0.2) is 24.5 Å². The van der Waals surface area contributed by atoms with Crippen LogP contribution in [0.15, 0.2) is 88.3 Å². The normalized spacial score (nSPS) is 12.2. The molecule has 1 atom stereocenters. The lowest BCUT2D eigenvalue weighted by atomic mass is 9.97. The summed E-state index contributed by atoms with van der Waals surface area (Å²) in [5.41, 5.74) is 1.93. The molecule has 3 aromatic carbocycles. The molecule has 1 unspecified atom stereocenters. The van der Waals surface area contributed by atoms with E-state index in [-0.39, 0.29) is 28.7 Å².